The third kappa shape index (κ3) is 5.27. The average molecular weight is 420 g/mol. The Morgan fingerprint density at radius 2 is 1.34 bits per heavy atom. The predicted octanol–water partition coefficient (Wildman–Crippen LogP) is 4.22. The van der Waals surface area contributed by atoms with Crippen molar-refractivity contribution in [1.82, 2.24) is 0 Å². The van der Waals surface area contributed by atoms with Gasteiger partial charge in [-0.2, -0.15) is 0 Å². The fraction of sp³-hybridized carbons (Fsp3) is 0.0769. The van der Waals surface area contributed by atoms with Gasteiger partial charge in [0.1, 0.15) is 0 Å². The van der Waals surface area contributed by atoms with E-state index >= 15 is 0 Å². The first-order chi connectivity index (χ1) is 13.7. The van der Waals surface area contributed by atoms with Crippen molar-refractivity contribution in [3.8, 4) is 11.5 Å². The predicted molar refractivity (Wildman–Crippen MR) is 108 cm³/mol. The molecule has 2 aliphatic carbocycles. The van der Waals surface area contributed by atoms with Crippen molar-refractivity contribution in [3.05, 3.63) is 128 Å². The van der Waals surface area contributed by atoms with Crippen LogP contribution in [-0.4, -0.2) is 0 Å². The van der Waals surface area contributed by atoms with Gasteiger partial charge in [-0.25, -0.2) is 0 Å². The number of rotatable bonds is 6. The summed E-state index contributed by atoms with van der Waals surface area (Å²) in [5, 5.41) is 23.8. The minimum Gasteiger partial charge on any atom is -0.873 e. The fourth-order valence-electron chi connectivity index (χ4n) is 3.62. The Balaban J connectivity index is 0.00000240. The van der Waals surface area contributed by atoms with Crippen LogP contribution >= 0.6 is 0 Å². The SMILES string of the molecule is [Fe+2].[O-]c1ccc(/C(=C(/CC[C]2[CH][CH][CH][CH]2)[C]2[CH][CH][CH][CH]2)c2ccccc2)cc1[O-]. The molecule has 0 unspecified atom stereocenters. The molecule has 0 bridgehead atoms. The van der Waals surface area contributed by atoms with Crippen molar-refractivity contribution in [2.45, 2.75) is 12.8 Å². The quantitative estimate of drug-likeness (QED) is 0.657. The number of allylic oxidation sites excluding steroid dienone is 1. The minimum atomic E-state index is -0.470. The average Bonchev–Trinajstić information content (AvgIpc) is 3.42. The smallest absolute Gasteiger partial charge is 0.873 e. The van der Waals surface area contributed by atoms with Crippen molar-refractivity contribution in [3.63, 3.8) is 0 Å². The summed E-state index contributed by atoms with van der Waals surface area (Å²) in [6.07, 6.45) is 18.4. The van der Waals surface area contributed by atoms with Gasteiger partial charge in [0.05, 0.1) is 0 Å². The van der Waals surface area contributed by atoms with Crippen molar-refractivity contribution >= 4 is 5.57 Å². The second-order valence-electron chi connectivity index (χ2n) is 6.85. The Morgan fingerprint density at radius 3 is 2.00 bits per heavy atom. The number of benzene rings is 2. The molecule has 2 aromatic carbocycles. The van der Waals surface area contributed by atoms with Crippen molar-refractivity contribution in [1.29, 1.82) is 0 Å². The zero-order valence-electron chi connectivity index (χ0n) is 15.8. The van der Waals surface area contributed by atoms with Crippen LogP contribution in [0.2, 0.25) is 0 Å². The largest absolute Gasteiger partial charge is 2.00 e. The van der Waals surface area contributed by atoms with Crippen LogP contribution in [0.4, 0.5) is 0 Å². The van der Waals surface area contributed by atoms with Gasteiger partial charge in [-0.3, -0.25) is 0 Å². The molecule has 0 spiro atoms. The van der Waals surface area contributed by atoms with E-state index in [0.717, 1.165) is 35.5 Å². The molecular weight excluding hydrogens is 400 g/mol. The van der Waals surface area contributed by atoms with Gasteiger partial charge in [-0.1, -0.05) is 54.1 Å². The van der Waals surface area contributed by atoms with Crippen LogP contribution in [0.1, 0.15) is 24.0 Å². The maximum atomic E-state index is 12.1. The standard InChI is InChI=1S/C26H22O2.Fe/c27-24-17-15-22(18-25(24)28)26(21-12-2-1-3-13-21)23(20-10-6-7-11-20)16-14-19-8-4-5-9-19;/h1-13,15,17-18,27-28H,14,16H2;/q;+2/p-2/b26-23-;. The van der Waals surface area contributed by atoms with Crippen LogP contribution in [-0.2, 0) is 17.1 Å². The molecular formula is C26H20FeO2. The van der Waals surface area contributed by atoms with Crippen molar-refractivity contribution in [2.24, 2.45) is 0 Å². The second kappa shape index (κ2) is 10.4. The normalized spacial score (nSPS) is 18.5. The van der Waals surface area contributed by atoms with Crippen molar-refractivity contribution in [2.75, 3.05) is 0 Å². The molecule has 3 heteroatoms. The van der Waals surface area contributed by atoms with Crippen LogP contribution in [0, 0.1) is 63.2 Å². The van der Waals surface area contributed by atoms with E-state index in [2.05, 4.69) is 50.7 Å². The second-order valence-corrected chi connectivity index (χ2v) is 6.85. The van der Waals surface area contributed by atoms with E-state index in [0.29, 0.717) is 0 Å². The van der Waals surface area contributed by atoms with E-state index in [9.17, 15) is 10.2 Å². The zero-order chi connectivity index (χ0) is 19.3. The molecule has 0 saturated heterocycles. The third-order valence-corrected chi connectivity index (χ3v) is 5.00. The number of hydrogen-bond acceptors (Lipinski definition) is 2. The molecule has 0 aromatic heterocycles. The maximum Gasteiger partial charge on any atom is 2.00 e. The molecule has 2 fully saturated rings. The molecule has 2 saturated carbocycles. The first-order valence-corrected chi connectivity index (χ1v) is 9.42. The van der Waals surface area contributed by atoms with Crippen LogP contribution in [0.3, 0.4) is 0 Å². The summed E-state index contributed by atoms with van der Waals surface area (Å²) in [6.45, 7) is 0. The van der Waals surface area contributed by atoms with Gasteiger partial charge in [-0.15, -0.1) is 11.5 Å². The van der Waals surface area contributed by atoms with E-state index in [1.165, 1.54) is 23.6 Å². The monoisotopic (exact) mass is 420 g/mol. The van der Waals surface area contributed by atoms with Gasteiger partial charge in [0.2, 0.25) is 0 Å². The molecule has 2 aliphatic rings. The summed E-state index contributed by atoms with van der Waals surface area (Å²) in [5.74, 6) is 1.49. The summed E-state index contributed by atoms with van der Waals surface area (Å²) in [7, 11) is 0. The molecule has 0 aliphatic heterocycles. The van der Waals surface area contributed by atoms with E-state index in [1.54, 1.807) is 6.07 Å². The Hall–Kier alpha value is -1.70. The first-order valence-electron chi connectivity index (χ1n) is 9.42. The van der Waals surface area contributed by atoms with Crippen LogP contribution < -0.4 is 10.2 Å². The van der Waals surface area contributed by atoms with E-state index in [-0.39, 0.29) is 17.1 Å². The summed E-state index contributed by atoms with van der Waals surface area (Å²) in [4.78, 5) is 0. The Morgan fingerprint density at radius 1 is 0.690 bits per heavy atom. The molecule has 4 rings (SSSR count). The van der Waals surface area contributed by atoms with E-state index < -0.39 is 11.5 Å². The van der Waals surface area contributed by atoms with Crippen molar-refractivity contribution < 1.29 is 27.3 Å². The molecule has 10 radical (unpaired) electrons. The van der Waals surface area contributed by atoms with Gasteiger partial charge < -0.3 is 10.2 Å². The molecule has 2 nitrogen and oxygen atoms in total. The Labute approximate surface area is 185 Å². The summed E-state index contributed by atoms with van der Waals surface area (Å²) < 4.78 is 0. The molecule has 0 amide bonds. The first kappa shape index (κ1) is 22.0. The third-order valence-electron chi connectivity index (χ3n) is 5.00. The van der Waals surface area contributed by atoms with E-state index in [1.807, 2.05) is 31.0 Å². The van der Waals surface area contributed by atoms with Gasteiger partial charge in [0.25, 0.3) is 0 Å². The molecule has 144 valence electrons. The van der Waals surface area contributed by atoms with Crippen LogP contribution in [0.25, 0.3) is 5.57 Å². The summed E-state index contributed by atoms with van der Waals surface area (Å²) in [6, 6.07) is 14.7. The minimum absolute atomic E-state index is 0. The van der Waals surface area contributed by atoms with Crippen LogP contribution in [0.15, 0.2) is 54.1 Å². The van der Waals surface area contributed by atoms with Gasteiger partial charge >= 0.3 is 17.1 Å². The summed E-state index contributed by atoms with van der Waals surface area (Å²) >= 11 is 0. The van der Waals surface area contributed by atoms with Gasteiger partial charge in [-0.05, 0) is 86.8 Å². The van der Waals surface area contributed by atoms with Crippen LogP contribution in [0.5, 0.6) is 11.5 Å². The molecule has 29 heavy (non-hydrogen) atoms. The molecule has 0 heterocycles. The van der Waals surface area contributed by atoms with E-state index in [4.69, 9.17) is 0 Å². The fourth-order valence-corrected chi connectivity index (χ4v) is 3.62. The zero-order valence-corrected chi connectivity index (χ0v) is 16.9. The topological polar surface area (TPSA) is 46.1 Å². The van der Waals surface area contributed by atoms with Gasteiger partial charge in [0, 0.05) is 5.92 Å². The number of hydrogen-bond donors (Lipinski definition) is 0. The molecule has 0 N–H and O–H groups in total. The van der Waals surface area contributed by atoms with Gasteiger partial charge in [0.15, 0.2) is 0 Å². The Kier molecular flexibility index (Phi) is 7.86. The Bertz CT molecular complexity index is 816. The molecule has 0 atom stereocenters. The summed E-state index contributed by atoms with van der Waals surface area (Å²) in [5.41, 5.74) is 4.01. The molecule has 2 aromatic rings. The maximum absolute atomic E-state index is 12.1.